The van der Waals surface area contributed by atoms with E-state index in [1.54, 1.807) is 0 Å². The highest BCUT2D eigenvalue weighted by Crippen LogP contribution is 2.35. The van der Waals surface area contributed by atoms with Crippen molar-refractivity contribution in [3.63, 3.8) is 0 Å². The third kappa shape index (κ3) is 2.27. The number of hydrogen-bond donors (Lipinski definition) is 3. The van der Waals surface area contributed by atoms with E-state index in [0.29, 0.717) is 0 Å². The van der Waals surface area contributed by atoms with Gasteiger partial charge in [0.15, 0.2) is 0 Å². The molecule has 2 heterocycles. The zero-order valence-corrected chi connectivity index (χ0v) is 10.6. The highest BCUT2D eigenvalue weighted by Gasteiger charge is 2.27. The van der Waals surface area contributed by atoms with E-state index in [-0.39, 0.29) is 12.6 Å². The number of nitrogens with one attached hydrogen (secondary N) is 2. The van der Waals surface area contributed by atoms with Crippen molar-refractivity contribution < 1.29 is 5.11 Å². The molecule has 0 spiro atoms. The van der Waals surface area contributed by atoms with E-state index >= 15 is 0 Å². The average molecular weight is 255 g/mol. The van der Waals surface area contributed by atoms with Gasteiger partial charge in [-0.05, 0) is 30.8 Å². The van der Waals surface area contributed by atoms with E-state index in [1.165, 1.54) is 5.57 Å². The van der Waals surface area contributed by atoms with Gasteiger partial charge in [0.25, 0.3) is 0 Å². The second kappa shape index (κ2) is 5.28. The van der Waals surface area contributed by atoms with Gasteiger partial charge in [-0.1, -0.05) is 12.1 Å². The Morgan fingerprint density at radius 3 is 3.26 bits per heavy atom. The van der Waals surface area contributed by atoms with Crippen LogP contribution in [0.3, 0.4) is 0 Å². The fourth-order valence-electron chi connectivity index (χ4n) is 2.45. The molecule has 0 aromatic carbocycles. The Morgan fingerprint density at radius 2 is 2.37 bits per heavy atom. The molecular formula is C15H17N3O. The van der Waals surface area contributed by atoms with Gasteiger partial charge in [0, 0.05) is 36.2 Å². The Morgan fingerprint density at radius 1 is 1.42 bits per heavy atom. The summed E-state index contributed by atoms with van der Waals surface area (Å²) >= 11 is 0. The van der Waals surface area contributed by atoms with Gasteiger partial charge in [-0.15, -0.1) is 0 Å². The molecule has 19 heavy (non-hydrogen) atoms. The number of nitrogens with zero attached hydrogens (tertiary/aromatic N) is 1. The van der Waals surface area contributed by atoms with Crippen LogP contribution in [-0.2, 0) is 0 Å². The molecule has 4 nitrogen and oxygen atoms in total. The molecule has 0 saturated carbocycles. The Labute approximate surface area is 112 Å². The van der Waals surface area contributed by atoms with Crippen molar-refractivity contribution >= 4 is 6.08 Å². The maximum Gasteiger partial charge on any atom is 0.0961 e. The molecule has 0 saturated heterocycles. The highest BCUT2D eigenvalue weighted by molar-refractivity contribution is 5.67. The molecule has 98 valence electrons. The smallest absolute Gasteiger partial charge is 0.0961 e. The maximum atomic E-state index is 8.88. The molecule has 4 heteroatoms. The van der Waals surface area contributed by atoms with Gasteiger partial charge in [0.1, 0.15) is 0 Å². The fourth-order valence-corrected chi connectivity index (χ4v) is 2.45. The zero-order valence-electron chi connectivity index (χ0n) is 10.6. The fraction of sp³-hybridized carbons (Fsp3) is 0.267. The Kier molecular flexibility index (Phi) is 3.33. The summed E-state index contributed by atoms with van der Waals surface area (Å²) in [7, 11) is 0. The van der Waals surface area contributed by atoms with Crippen LogP contribution in [-0.4, -0.2) is 23.2 Å². The predicted octanol–water partition coefficient (Wildman–Crippen LogP) is 1.49. The Balaban J connectivity index is 1.95. The van der Waals surface area contributed by atoms with Crippen LogP contribution in [0.25, 0.3) is 6.08 Å². The van der Waals surface area contributed by atoms with Gasteiger partial charge < -0.3 is 15.7 Å². The molecule has 1 unspecified atom stereocenters. The largest absolute Gasteiger partial charge is 0.396 e. The minimum atomic E-state index is 0.114. The first-order valence-electron chi connectivity index (χ1n) is 6.54. The number of fused-ring (bicyclic) bond motifs is 3. The van der Waals surface area contributed by atoms with Gasteiger partial charge in [-0.25, -0.2) is 0 Å². The lowest BCUT2D eigenvalue weighted by atomic mass is 9.89. The number of allylic oxidation sites excluding steroid dienone is 2. The molecule has 0 radical (unpaired) electrons. The van der Waals surface area contributed by atoms with Crippen molar-refractivity contribution in [3.05, 3.63) is 59.2 Å². The second-order valence-corrected chi connectivity index (χ2v) is 4.62. The molecule has 1 aromatic rings. The summed E-state index contributed by atoms with van der Waals surface area (Å²) in [5, 5.41) is 15.6. The maximum absolute atomic E-state index is 8.88. The molecule has 1 atom stereocenters. The molecule has 1 aromatic heterocycles. The number of hydrogen-bond acceptors (Lipinski definition) is 4. The first-order valence-corrected chi connectivity index (χ1v) is 6.54. The van der Waals surface area contributed by atoms with Gasteiger partial charge in [0.2, 0.25) is 0 Å². The van der Waals surface area contributed by atoms with Crippen LogP contribution in [0.5, 0.6) is 0 Å². The summed E-state index contributed by atoms with van der Waals surface area (Å²) in [6.45, 7) is 0.977. The van der Waals surface area contributed by atoms with Crippen molar-refractivity contribution in [2.24, 2.45) is 0 Å². The molecule has 0 bridgehead atoms. The SMILES string of the molecule is OCCCNC1=Cc2cccnc2C2NC=CC=C12. The van der Waals surface area contributed by atoms with Crippen molar-refractivity contribution in [2.75, 3.05) is 13.2 Å². The molecule has 3 rings (SSSR count). The summed E-state index contributed by atoms with van der Waals surface area (Å²) in [5.41, 5.74) is 4.51. The molecule has 1 aliphatic carbocycles. The Hall–Kier alpha value is -2.07. The standard InChI is InChI=1S/C15H17N3O/c19-9-3-8-16-13-10-11-4-1-6-17-14(11)15-12(13)5-2-7-18-15/h1-2,4-7,10,15-16,18-19H,3,8-9H2. The minimum absolute atomic E-state index is 0.114. The number of aliphatic hydroxyl groups is 1. The topological polar surface area (TPSA) is 57.2 Å². The first kappa shape index (κ1) is 12.0. The lowest BCUT2D eigenvalue weighted by Crippen LogP contribution is -2.30. The van der Waals surface area contributed by atoms with E-state index in [4.69, 9.17) is 5.11 Å². The number of rotatable bonds is 4. The summed E-state index contributed by atoms with van der Waals surface area (Å²) in [5.74, 6) is 0. The van der Waals surface area contributed by atoms with Gasteiger partial charge in [-0.3, -0.25) is 4.98 Å². The van der Waals surface area contributed by atoms with E-state index in [9.17, 15) is 0 Å². The highest BCUT2D eigenvalue weighted by atomic mass is 16.3. The third-order valence-corrected chi connectivity index (χ3v) is 3.35. The lowest BCUT2D eigenvalue weighted by molar-refractivity contribution is 0.288. The number of pyridine rings is 1. The van der Waals surface area contributed by atoms with Gasteiger partial charge in [0.05, 0.1) is 11.7 Å². The Bertz CT molecular complexity index is 560. The monoisotopic (exact) mass is 255 g/mol. The van der Waals surface area contributed by atoms with Crippen molar-refractivity contribution in [3.8, 4) is 0 Å². The average Bonchev–Trinajstić information content (AvgIpc) is 2.47. The quantitative estimate of drug-likeness (QED) is 0.714. The molecule has 1 aliphatic heterocycles. The van der Waals surface area contributed by atoms with Crippen LogP contribution < -0.4 is 10.6 Å². The first-order chi connectivity index (χ1) is 9.40. The second-order valence-electron chi connectivity index (χ2n) is 4.62. The van der Waals surface area contributed by atoms with E-state index < -0.39 is 0 Å². The summed E-state index contributed by atoms with van der Waals surface area (Å²) in [6.07, 6.45) is 10.8. The molecule has 0 fully saturated rings. The summed E-state index contributed by atoms with van der Waals surface area (Å²) in [6, 6.07) is 4.14. The van der Waals surface area contributed by atoms with Crippen molar-refractivity contribution in [1.29, 1.82) is 0 Å². The normalized spacial score (nSPS) is 19.7. The van der Waals surface area contributed by atoms with Crippen LogP contribution in [0.4, 0.5) is 0 Å². The van der Waals surface area contributed by atoms with Gasteiger partial charge >= 0.3 is 0 Å². The molecule has 2 aliphatic rings. The van der Waals surface area contributed by atoms with Crippen molar-refractivity contribution in [1.82, 2.24) is 15.6 Å². The predicted molar refractivity (Wildman–Crippen MR) is 75.0 cm³/mol. The zero-order chi connectivity index (χ0) is 13.1. The lowest BCUT2D eigenvalue weighted by Gasteiger charge is -2.30. The van der Waals surface area contributed by atoms with Crippen LogP contribution in [0.1, 0.15) is 23.7 Å². The molecular weight excluding hydrogens is 238 g/mol. The summed E-state index contributed by atoms with van der Waals surface area (Å²) < 4.78 is 0. The third-order valence-electron chi connectivity index (χ3n) is 3.35. The van der Waals surface area contributed by atoms with Crippen LogP contribution >= 0.6 is 0 Å². The molecule has 3 N–H and O–H groups in total. The van der Waals surface area contributed by atoms with Crippen LogP contribution in [0, 0.1) is 0 Å². The van der Waals surface area contributed by atoms with E-state index in [0.717, 1.165) is 29.9 Å². The van der Waals surface area contributed by atoms with Crippen LogP contribution in [0.15, 0.2) is 48.0 Å². The van der Waals surface area contributed by atoms with E-state index in [2.05, 4.69) is 33.8 Å². The van der Waals surface area contributed by atoms with Gasteiger partial charge in [-0.2, -0.15) is 0 Å². The summed E-state index contributed by atoms with van der Waals surface area (Å²) in [4.78, 5) is 4.48. The van der Waals surface area contributed by atoms with Crippen LogP contribution in [0.2, 0.25) is 0 Å². The van der Waals surface area contributed by atoms with E-state index in [1.807, 2.05) is 24.5 Å². The molecule has 0 amide bonds. The minimum Gasteiger partial charge on any atom is -0.396 e. The van der Waals surface area contributed by atoms with Crippen molar-refractivity contribution in [2.45, 2.75) is 12.5 Å². The number of aromatic nitrogens is 1. The number of aliphatic hydroxyl groups excluding tert-OH is 1. The number of dihydropyridines is 1.